The highest BCUT2D eigenvalue weighted by Gasteiger charge is 2.72. The molecule has 1 aromatic rings. The molecule has 2 amide bonds. The predicted octanol–water partition coefficient (Wildman–Crippen LogP) is 1.06. The summed E-state index contributed by atoms with van der Waals surface area (Å²) in [6.07, 6.45) is 3.44. The number of hydrogen-bond donors (Lipinski definition) is 1. The number of aliphatic hydroxyl groups excluding tert-OH is 1. The number of aliphatic hydroxyl groups is 1. The molecule has 0 aliphatic carbocycles. The Morgan fingerprint density at radius 3 is 2.46 bits per heavy atom. The zero-order valence-electron chi connectivity index (χ0n) is 14.5. The molecule has 2 saturated heterocycles. The smallest absolute Gasteiger partial charge is 0.338 e. The summed E-state index contributed by atoms with van der Waals surface area (Å²) in [5.41, 5.74) is -1.32. The maximum atomic E-state index is 13.0. The summed E-state index contributed by atoms with van der Waals surface area (Å²) in [7, 11) is 0. The Morgan fingerprint density at radius 1 is 1.19 bits per heavy atom. The van der Waals surface area contributed by atoms with Gasteiger partial charge in [0.15, 0.2) is 0 Å². The number of carbonyl (C=O) groups excluding carboxylic acids is 3. The third-order valence-corrected chi connectivity index (χ3v) is 5.44. The third kappa shape index (κ3) is 2.04. The van der Waals surface area contributed by atoms with E-state index in [0.29, 0.717) is 11.3 Å². The van der Waals surface area contributed by atoms with Gasteiger partial charge in [-0.05, 0) is 38.1 Å². The van der Waals surface area contributed by atoms with E-state index in [4.69, 9.17) is 9.47 Å². The van der Waals surface area contributed by atoms with Crippen LogP contribution in [0.1, 0.15) is 24.2 Å². The Labute approximate surface area is 150 Å². The minimum atomic E-state index is -1.15. The van der Waals surface area contributed by atoms with E-state index in [1.165, 1.54) is 12.1 Å². The minimum Gasteiger partial charge on any atom is -0.462 e. The molecule has 0 aromatic heterocycles. The monoisotopic (exact) mass is 357 g/mol. The highest BCUT2D eigenvalue weighted by atomic mass is 16.5. The molecule has 0 radical (unpaired) electrons. The van der Waals surface area contributed by atoms with Gasteiger partial charge in [0, 0.05) is 0 Å². The second-order valence-corrected chi connectivity index (χ2v) is 6.97. The van der Waals surface area contributed by atoms with E-state index in [0.717, 1.165) is 4.90 Å². The standard InChI is InChI=1S/C19H19NO6/c1-3-25-17(24)11-4-6-12(7-5-11)20-15(22)13-14(16(20)23)19(10-21)9-8-18(13,2)26-19/h4-9,13-14,21H,3,10H2,1-2H3/t13-,14-,18-,19+/m1/s1. The van der Waals surface area contributed by atoms with Crippen molar-refractivity contribution in [2.24, 2.45) is 11.8 Å². The van der Waals surface area contributed by atoms with Gasteiger partial charge in [-0.3, -0.25) is 9.59 Å². The summed E-state index contributed by atoms with van der Waals surface area (Å²) < 4.78 is 10.8. The molecule has 136 valence electrons. The summed E-state index contributed by atoms with van der Waals surface area (Å²) in [6, 6.07) is 6.14. The molecular formula is C19H19NO6. The fraction of sp³-hybridized carbons (Fsp3) is 0.421. The first-order chi connectivity index (χ1) is 12.4. The van der Waals surface area contributed by atoms with E-state index >= 15 is 0 Å². The van der Waals surface area contributed by atoms with Gasteiger partial charge in [0.2, 0.25) is 11.8 Å². The third-order valence-electron chi connectivity index (χ3n) is 5.44. The van der Waals surface area contributed by atoms with Gasteiger partial charge < -0.3 is 14.6 Å². The van der Waals surface area contributed by atoms with Gasteiger partial charge in [-0.1, -0.05) is 12.2 Å². The van der Waals surface area contributed by atoms with Gasteiger partial charge >= 0.3 is 5.97 Å². The number of esters is 1. The average molecular weight is 357 g/mol. The van der Waals surface area contributed by atoms with Crippen LogP contribution in [0.4, 0.5) is 5.69 Å². The SMILES string of the molecule is CCOC(=O)c1ccc(N2C(=O)[C@H]3[C@H](C2=O)[C@@]2(CO)C=C[C@@]3(C)O2)cc1. The zero-order chi connectivity index (χ0) is 18.7. The number of amides is 2. The molecule has 0 saturated carbocycles. The molecule has 3 aliphatic rings. The normalized spacial score (nSPS) is 34.5. The van der Waals surface area contributed by atoms with Crippen molar-refractivity contribution < 1.29 is 29.0 Å². The van der Waals surface area contributed by atoms with Crippen molar-refractivity contribution in [3.8, 4) is 0 Å². The first-order valence-corrected chi connectivity index (χ1v) is 8.53. The molecule has 26 heavy (non-hydrogen) atoms. The maximum Gasteiger partial charge on any atom is 0.338 e. The van der Waals surface area contributed by atoms with Crippen molar-refractivity contribution in [1.82, 2.24) is 0 Å². The Kier molecular flexibility index (Phi) is 3.58. The predicted molar refractivity (Wildman–Crippen MR) is 90.3 cm³/mol. The number of benzene rings is 1. The van der Waals surface area contributed by atoms with Crippen LogP contribution in [0.15, 0.2) is 36.4 Å². The van der Waals surface area contributed by atoms with Crippen molar-refractivity contribution in [2.45, 2.75) is 25.0 Å². The molecule has 3 aliphatic heterocycles. The zero-order valence-corrected chi connectivity index (χ0v) is 14.5. The lowest BCUT2D eigenvalue weighted by Crippen LogP contribution is -2.43. The first kappa shape index (κ1) is 16.9. The molecule has 4 rings (SSSR count). The summed E-state index contributed by atoms with van der Waals surface area (Å²) in [6.45, 7) is 3.37. The van der Waals surface area contributed by atoms with Crippen molar-refractivity contribution in [3.05, 3.63) is 42.0 Å². The van der Waals surface area contributed by atoms with Gasteiger partial charge in [0.1, 0.15) is 5.60 Å². The second kappa shape index (κ2) is 5.49. The molecule has 7 nitrogen and oxygen atoms in total. The van der Waals surface area contributed by atoms with Crippen LogP contribution in [-0.2, 0) is 19.1 Å². The summed E-state index contributed by atoms with van der Waals surface area (Å²) in [5, 5.41) is 9.80. The number of imide groups is 1. The van der Waals surface area contributed by atoms with Crippen LogP contribution in [0.3, 0.4) is 0 Å². The number of fused-ring (bicyclic) bond motifs is 5. The van der Waals surface area contributed by atoms with Crippen LogP contribution >= 0.6 is 0 Å². The van der Waals surface area contributed by atoms with Crippen molar-refractivity contribution in [2.75, 3.05) is 18.1 Å². The average Bonchev–Trinajstić information content (AvgIpc) is 3.21. The second-order valence-electron chi connectivity index (χ2n) is 6.97. The molecule has 0 spiro atoms. The number of hydrogen-bond acceptors (Lipinski definition) is 6. The molecule has 7 heteroatoms. The Bertz CT molecular complexity index is 831. The quantitative estimate of drug-likeness (QED) is 0.492. The maximum absolute atomic E-state index is 13.0. The van der Waals surface area contributed by atoms with E-state index in [-0.39, 0.29) is 19.1 Å². The van der Waals surface area contributed by atoms with E-state index in [9.17, 15) is 19.5 Å². The van der Waals surface area contributed by atoms with E-state index in [1.54, 1.807) is 38.1 Å². The van der Waals surface area contributed by atoms with Crippen LogP contribution in [-0.4, -0.2) is 47.3 Å². The Morgan fingerprint density at radius 2 is 1.85 bits per heavy atom. The van der Waals surface area contributed by atoms with E-state index < -0.39 is 34.9 Å². The number of nitrogens with zero attached hydrogens (tertiary/aromatic N) is 1. The number of rotatable bonds is 4. The van der Waals surface area contributed by atoms with Gasteiger partial charge in [-0.25, -0.2) is 9.69 Å². The fourth-order valence-corrected chi connectivity index (χ4v) is 4.26. The van der Waals surface area contributed by atoms with Crippen LogP contribution in [0.2, 0.25) is 0 Å². The molecule has 3 heterocycles. The fourth-order valence-electron chi connectivity index (χ4n) is 4.26. The largest absolute Gasteiger partial charge is 0.462 e. The van der Waals surface area contributed by atoms with Gasteiger partial charge in [0.25, 0.3) is 0 Å². The van der Waals surface area contributed by atoms with Gasteiger partial charge in [-0.15, -0.1) is 0 Å². The van der Waals surface area contributed by atoms with E-state index in [2.05, 4.69) is 0 Å². The van der Waals surface area contributed by atoms with Crippen LogP contribution < -0.4 is 4.90 Å². The molecule has 2 bridgehead atoms. The molecule has 1 N–H and O–H groups in total. The Hall–Kier alpha value is -2.51. The lowest BCUT2D eigenvalue weighted by Gasteiger charge is -2.27. The number of anilines is 1. The van der Waals surface area contributed by atoms with E-state index in [1.807, 2.05) is 0 Å². The van der Waals surface area contributed by atoms with Gasteiger partial charge in [-0.2, -0.15) is 0 Å². The Balaban J connectivity index is 1.67. The molecule has 1 aromatic carbocycles. The lowest BCUT2D eigenvalue weighted by molar-refractivity contribution is -0.131. The van der Waals surface area contributed by atoms with Crippen molar-refractivity contribution >= 4 is 23.5 Å². The molecular weight excluding hydrogens is 338 g/mol. The van der Waals surface area contributed by atoms with Crippen molar-refractivity contribution in [1.29, 1.82) is 0 Å². The van der Waals surface area contributed by atoms with Crippen LogP contribution in [0, 0.1) is 11.8 Å². The topological polar surface area (TPSA) is 93.1 Å². The summed E-state index contributed by atoms with van der Waals surface area (Å²) in [5.74, 6) is -2.63. The van der Waals surface area contributed by atoms with Crippen LogP contribution in [0.5, 0.6) is 0 Å². The summed E-state index contributed by atoms with van der Waals surface area (Å²) in [4.78, 5) is 38.9. The number of carbonyl (C=O) groups is 3. The molecule has 2 fully saturated rings. The van der Waals surface area contributed by atoms with Crippen LogP contribution in [0.25, 0.3) is 0 Å². The van der Waals surface area contributed by atoms with Gasteiger partial charge in [0.05, 0.1) is 41.9 Å². The summed E-state index contributed by atoms with van der Waals surface area (Å²) >= 11 is 0. The molecule has 0 unspecified atom stereocenters. The highest BCUT2D eigenvalue weighted by Crippen LogP contribution is 2.57. The minimum absolute atomic E-state index is 0.266. The number of ether oxygens (including phenoxy) is 2. The van der Waals surface area contributed by atoms with Crippen molar-refractivity contribution in [3.63, 3.8) is 0 Å². The highest BCUT2D eigenvalue weighted by molar-refractivity contribution is 6.23. The first-order valence-electron chi connectivity index (χ1n) is 8.53. The lowest BCUT2D eigenvalue weighted by atomic mass is 9.73. The molecule has 4 atom stereocenters.